The lowest BCUT2D eigenvalue weighted by Crippen LogP contribution is -2.65. The summed E-state index contributed by atoms with van der Waals surface area (Å²) >= 11 is 0. The van der Waals surface area contributed by atoms with Crippen LogP contribution in [0.5, 0.6) is 5.75 Å². The quantitative estimate of drug-likeness (QED) is 0.287. The predicted octanol–water partition coefficient (Wildman–Crippen LogP) is 1.50. The largest absolute Gasteiger partial charge is 0.508 e. The number of aliphatic hydroxyl groups excluding tert-OH is 2. The van der Waals surface area contributed by atoms with E-state index in [1.807, 2.05) is 0 Å². The number of carbonyl (C=O) groups excluding carboxylic acids is 3. The van der Waals surface area contributed by atoms with Crippen LogP contribution in [-0.4, -0.2) is 68.5 Å². The van der Waals surface area contributed by atoms with Crippen molar-refractivity contribution >= 4 is 23.2 Å². The highest BCUT2D eigenvalue weighted by Crippen LogP contribution is 2.52. The maximum atomic E-state index is 14.1. The summed E-state index contributed by atoms with van der Waals surface area (Å²) < 4.78 is 14.1. The third kappa shape index (κ3) is 3.73. The van der Waals surface area contributed by atoms with E-state index in [-0.39, 0.29) is 35.3 Å². The summed E-state index contributed by atoms with van der Waals surface area (Å²) in [6.45, 7) is 0. The molecule has 6 N–H and O–H groups in total. The van der Waals surface area contributed by atoms with Crippen molar-refractivity contribution in [1.82, 2.24) is 4.90 Å². The van der Waals surface area contributed by atoms with Crippen molar-refractivity contribution < 1.29 is 39.2 Å². The Morgan fingerprint density at radius 1 is 1.08 bits per heavy atom. The van der Waals surface area contributed by atoms with Gasteiger partial charge in [-0.05, 0) is 62.7 Å². The van der Waals surface area contributed by atoms with Crippen molar-refractivity contribution in [3.05, 3.63) is 81.4 Å². The van der Waals surface area contributed by atoms with Crippen molar-refractivity contribution in [3.8, 4) is 17.6 Å². The highest BCUT2D eigenvalue weighted by Gasteiger charge is 2.64. The minimum atomic E-state index is -2.71. The summed E-state index contributed by atoms with van der Waals surface area (Å²) in [5, 5.41) is 44.4. The number of benzene rings is 2. The number of fused-ring (bicyclic) bond motifs is 3. The molecule has 2 aromatic carbocycles. The first-order valence-electron chi connectivity index (χ1n) is 12.2. The average molecular weight is 533 g/mol. The van der Waals surface area contributed by atoms with Gasteiger partial charge in [0.15, 0.2) is 11.4 Å². The highest BCUT2D eigenvalue weighted by molar-refractivity contribution is 6.24. The molecule has 0 spiro atoms. The summed E-state index contributed by atoms with van der Waals surface area (Å²) in [7, 11) is 3.06. The number of Topliss-reactive ketones (excluding diaryl/α,β-unsaturated/α-hetero) is 2. The lowest BCUT2D eigenvalue weighted by molar-refractivity contribution is -0.153. The summed E-state index contributed by atoms with van der Waals surface area (Å²) in [6, 6.07) is 7.56. The van der Waals surface area contributed by atoms with E-state index in [1.165, 1.54) is 49.3 Å². The first-order valence-corrected chi connectivity index (χ1v) is 12.2. The van der Waals surface area contributed by atoms with E-state index < -0.39 is 63.9 Å². The third-order valence-electron chi connectivity index (χ3n) is 7.81. The number of halogens is 1. The minimum Gasteiger partial charge on any atom is -0.508 e. The Morgan fingerprint density at radius 3 is 2.38 bits per heavy atom. The van der Waals surface area contributed by atoms with Gasteiger partial charge in [-0.2, -0.15) is 0 Å². The maximum Gasteiger partial charge on any atom is 0.255 e. The second kappa shape index (κ2) is 9.08. The molecule has 4 atom stereocenters. The molecule has 0 radical (unpaired) electrons. The number of phenols is 1. The van der Waals surface area contributed by atoms with Gasteiger partial charge in [0.25, 0.3) is 5.91 Å². The zero-order valence-corrected chi connectivity index (χ0v) is 21.0. The summed E-state index contributed by atoms with van der Waals surface area (Å²) in [4.78, 5) is 40.5. The van der Waals surface area contributed by atoms with E-state index in [4.69, 9.17) is 5.73 Å². The first-order chi connectivity index (χ1) is 18.4. The number of likely N-dealkylation sites (N-methyl/N-ethyl adjacent to an activating group) is 1. The topological polar surface area (TPSA) is 161 Å². The van der Waals surface area contributed by atoms with E-state index >= 15 is 0 Å². The Labute approximate surface area is 222 Å². The van der Waals surface area contributed by atoms with Crippen molar-refractivity contribution in [1.29, 1.82) is 0 Å². The van der Waals surface area contributed by atoms with Gasteiger partial charge in [0.05, 0.1) is 17.2 Å². The number of aromatic hydroxyl groups is 1. The number of hydrogen-bond acceptors (Lipinski definition) is 8. The number of aliphatic hydroxyl groups is 3. The molecule has 9 nitrogen and oxygen atoms in total. The molecule has 3 aliphatic rings. The molecule has 39 heavy (non-hydrogen) atoms. The number of primary amides is 1. The van der Waals surface area contributed by atoms with Gasteiger partial charge in [-0.1, -0.05) is 24.0 Å². The van der Waals surface area contributed by atoms with E-state index in [1.54, 1.807) is 6.07 Å². The second-order valence-electron chi connectivity index (χ2n) is 10.2. The molecule has 0 aromatic heterocycles. The zero-order chi connectivity index (χ0) is 28.4. The van der Waals surface area contributed by atoms with Crippen LogP contribution in [0.4, 0.5) is 4.39 Å². The molecule has 1 saturated carbocycles. The normalized spacial score (nSPS) is 26.0. The maximum absolute atomic E-state index is 14.1. The molecule has 5 rings (SSSR count). The summed E-state index contributed by atoms with van der Waals surface area (Å²) in [5.41, 5.74) is 2.36. The molecule has 2 aromatic rings. The molecule has 1 amide bonds. The van der Waals surface area contributed by atoms with Gasteiger partial charge >= 0.3 is 0 Å². The molecule has 0 aliphatic heterocycles. The van der Waals surface area contributed by atoms with Crippen LogP contribution in [0.3, 0.4) is 0 Å². The van der Waals surface area contributed by atoms with Crippen molar-refractivity contribution in [2.45, 2.75) is 24.5 Å². The smallest absolute Gasteiger partial charge is 0.255 e. The number of hydrogen-bond donors (Lipinski definition) is 5. The fraction of sp³-hybridized carbons (Fsp3) is 0.276. The van der Waals surface area contributed by atoms with Crippen LogP contribution in [0.15, 0.2) is 53.3 Å². The molecule has 0 unspecified atom stereocenters. The van der Waals surface area contributed by atoms with Crippen LogP contribution in [0.2, 0.25) is 0 Å². The van der Waals surface area contributed by atoms with Crippen LogP contribution >= 0.6 is 0 Å². The highest BCUT2D eigenvalue weighted by atomic mass is 19.1. The predicted molar refractivity (Wildman–Crippen MR) is 137 cm³/mol. The number of amides is 1. The molecule has 3 aliphatic carbocycles. The molecule has 0 saturated heterocycles. The molecule has 10 heteroatoms. The number of ketones is 2. The summed E-state index contributed by atoms with van der Waals surface area (Å²) in [5.74, 6) is -2.12. The van der Waals surface area contributed by atoms with Gasteiger partial charge in [0.1, 0.15) is 28.7 Å². The molecular formula is C29H25FN2O7. The first kappa shape index (κ1) is 26.2. The van der Waals surface area contributed by atoms with E-state index in [0.29, 0.717) is 11.1 Å². The van der Waals surface area contributed by atoms with Gasteiger partial charge in [-0.3, -0.25) is 19.3 Å². The fourth-order valence-electron chi connectivity index (χ4n) is 6.06. The Bertz CT molecular complexity index is 1600. The van der Waals surface area contributed by atoms with Crippen LogP contribution in [0.1, 0.15) is 28.7 Å². The average Bonchev–Trinajstić information content (AvgIpc) is 2.86. The molecule has 0 bridgehead atoms. The number of carbonyl (C=O) groups is 3. The van der Waals surface area contributed by atoms with Crippen LogP contribution in [0, 0.1) is 29.5 Å². The monoisotopic (exact) mass is 532 g/mol. The lowest BCUT2D eigenvalue weighted by atomic mass is 9.57. The summed E-state index contributed by atoms with van der Waals surface area (Å²) in [6.07, 6.45) is 0.0474. The van der Waals surface area contributed by atoms with Crippen LogP contribution in [0.25, 0.3) is 5.76 Å². The van der Waals surface area contributed by atoms with Crippen molar-refractivity contribution in [2.75, 3.05) is 14.1 Å². The minimum absolute atomic E-state index is 0.0401. The number of nitrogens with zero attached hydrogens (tertiary/aromatic N) is 1. The fourth-order valence-corrected chi connectivity index (χ4v) is 6.06. The Kier molecular flexibility index (Phi) is 6.09. The third-order valence-corrected chi connectivity index (χ3v) is 7.81. The van der Waals surface area contributed by atoms with Gasteiger partial charge in [-0.25, -0.2) is 4.39 Å². The van der Waals surface area contributed by atoms with Crippen molar-refractivity contribution in [3.63, 3.8) is 0 Å². The van der Waals surface area contributed by atoms with Crippen molar-refractivity contribution in [2.24, 2.45) is 17.6 Å². The van der Waals surface area contributed by atoms with Crippen LogP contribution < -0.4 is 5.73 Å². The Balaban J connectivity index is 1.69. The van der Waals surface area contributed by atoms with Gasteiger partial charge < -0.3 is 26.2 Å². The van der Waals surface area contributed by atoms with E-state index in [2.05, 4.69) is 11.8 Å². The van der Waals surface area contributed by atoms with Crippen LogP contribution in [-0.2, 0) is 20.8 Å². The Hall–Kier alpha value is -4.46. The lowest BCUT2D eigenvalue weighted by Gasteiger charge is -2.50. The van der Waals surface area contributed by atoms with E-state index in [0.717, 1.165) is 0 Å². The standard InChI is InChI=1S/C29H25FN2O7/c1-32(2)23-17-12-15-11-16-13(7-8-14-5-3-4-6-18(14)30)9-10-19(33)21(16)24(34)20(15)26(36)29(17,39)27(37)22(25(23)35)28(31)38/h3-6,9-10,15,17,23,33-34,37,39H,11-12H2,1-2H3,(H2,31,38)/t15-,17-,23-,29+/m1/s1. The number of nitrogens with two attached hydrogens (primary N) is 1. The number of phenolic OH excluding ortho intramolecular Hbond substituents is 1. The number of rotatable bonds is 2. The molecular weight excluding hydrogens is 507 g/mol. The molecule has 200 valence electrons. The second-order valence-corrected chi connectivity index (χ2v) is 10.2. The zero-order valence-electron chi connectivity index (χ0n) is 21.0. The Morgan fingerprint density at radius 2 is 1.74 bits per heavy atom. The van der Waals surface area contributed by atoms with Gasteiger partial charge in [0, 0.05) is 17.1 Å². The molecule has 0 heterocycles. The SMILES string of the molecule is CN(C)[C@H]1C(=O)C(C(N)=O)=C(O)[C@@]2(O)C(=O)C3=C(O)c4c(O)ccc(C#Cc5ccccc5F)c4C[C@@H]3C[C@H]12. The van der Waals surface area contributed by atoms with Gasteiger partial charge in [0.2, 0.25) is 5.78 Å². The molecule has 1 fully saturated rings. The van der Waals surface area contributed by atoms with E-state index in [9.17, 15) is 39.2 Å². The van der Waals surface area contributed by atoms with Gasteiger partial charge in [-0.15, -0.1) is 0 Å².